The lowest BCUT2D eigenvalue weighted by Crippen LogP contribution is -2.07. The number of rotatable bonds is 6. The number of amides is 1. The van der Waals surface area contributed by atoms with E-state index >= 15 is 0 Å². The van der Waals surface area contributed by atoms with E-state index in [0.29, 0.717) is 10.3 Å². The molecule has 0 aromatic carbocycles. The molecule has 23 heavy (non-hydrogen) atoms. The summed E-state index contributed by atoms with van der Waals surface area (Å²) >= 11 is 7.80. The molecule has 0 spiro atoms. The maximum atomic E-state index is 12.0. The second-order valence-electron chi connectivity index (χ2n) is 5.35. The molecular weight excluding hydrogens is 332 g/mol. The Bertz CT molecular complexity index is 713. The van der Waals surface area contributed by atoms with Crippen LogP contribution in [0.4, 0.5) is 5.13 Å². The van der Waals surface area contributed by atoms with Crippen molar-refractivity contribution < 1.29 is 4.79 Å². The molecule has 0 aliphatic carbocycles. The molecule has 2 heterocycles. The average molecular weight is 353 g/mol. The highest BCUT2D eigenvalue weighted by Gasteiger charge is 2.11. The maximum Gasteiger partial charge on any atom is 0.250 e. The number of unbranched alkanes of at least 4 members (excludes halogenated alkanes) is 1. The molecule has 1 N–H and O–H groups in total. The summed E-state index contributed by atoms with van der Waals surface area (Å²) in [4.78, 5) is 17.4. The number of aromatic nitrogens is 3. The van der Waals surface area contributed by atoms with Crippen molar-refractivity contribution >= 4 is 40.1 Å². The average Bonchev–Trinajstić information content (AvgIpc) is 2.94. The van der Waals surface area contributed by atoms with Gasteiger partial charge in [0.25, 0.3) is 0 Å². The third kappa shape index (κ3) is 4.42. The first kappa shape index (κ1) is 17.7. The van der Waals surface area contributed by atoms with Gasteiger partial charge in [0.15, 0.2) is 5.13 Å². The van der Waals surface area contributed by atoms with Gasteiger partial charge in [-0.25, -0.2) is 4.98 Å². The lowest BCUT2D eigenvalue weighted by atomic mass is 10.2. The van der Waals surface area contributed by atoms with Gasteiger partial charge in [-0.1, -0.05) is 24.9 Å². The van der Waals surface area contributed by atoms with Crippen LogP contribution in [0, 0.1) is 20.8 Å². The standard InChI is InChI=1S/C16H21ClN4OS/c1-5-6-9-21-15(17)13(11(3)20-21)7-8-14(22)19-16-18-10(2)12(4)23-16/h7-8H,5-6,9H2,1-4H3,(H,18,19,22)/b8-7+. The fourth-order valence-electron chi connectivity index (χ4n) is 2.04. The summed E-state index contributed by atoms with van der Waals surface area (Å²) in [5.41, 5.74) is 2.53. The van der Waals surface area contributed by atoms with Crippen molar-refractivity contribution in [1.82, 2.24) is 14.8 Å². The Morgan fingerprint density at radius 1 is 1.35 bits per heavy atom. The van der Waals surface area contributed by atoms with Crippen molar-refractivity contribution in [3.63, 3.8) is 0 Å². The number of carbonyl (C=O) groups excluding carboxylic acids is 1. The Hall–Kier alpha value is -1.66. The quantitative estimate of drug-likeness (QED) is 0.785. The predicted octanol–water partition coefficient (Wildman–Crippen LogP) is 4.37. The fraction of sp³-hybridized carbons (Fsp3) is 0.438. The molecular formula is C16H21ClN4OS. The minimum absolute atomic E-state index is 0.226. The zero-order valence-electron chi connectivity index (χ0n) is 13.8. The van der Waals surface area contributed by atoms with E-state index in [0.717, 1.165) is 41.2 Å². The van der Waals surface area contributed by atoms with Crippen LogP contribution in [0.2, 0.25) is 5.15 Å². The summed E-state index contributed by atoms with van der Waals surface area (Å²) < 4.78 is 1.78. The highest BCUT2D eigenvalue weighted by molar-refractivity contribution is 7.15. The molecule has 7 heteroatoms. The second-order valence-corrected chi connectivity index (χ2v) is 6.91. The number of anilines is 1. The van der Waals surface area contributed by atoms with Gasteiger partial charge in [-0.05, 0) is 33.3 Å². The van der Waals surface area contributed by atoms with Gasteiger partial charge in [0.05, 0.1) is 11.4 Å². The first-order valence-corrected chi connectivity index (χ1v) is 8.77. The van der Waals surface area contributed by atoms with Gasteiger partial charge >= 0.3 is 0 Å². The summed E-state index contributed by atoms with van der Waals surface area (Å²) in [7, 11) is 0. The number of thiazole rings is 1. The van der Waals surface area contributed by atoms with Crippen LogP contribution in [0.5, 0.6) is 0 Å². The summed E-state index contributed by atoms with van der Waals surface area (Å²) in [6.45, 7) is 8.70. The van der Waals surface area contributed by atoms with Crippen molar-refractivity contribution in [3.05, 3.63) is 33.1 Å². The van der Waals surface area contributed by atoms with Crippen molar-refractivity contribution in [3.8, 4) is 0 Å². The molecule has 5 nitrogen and oxygen atoms in total. The third-order valence-corrected chi connectivity index (χ3v) is 4.88. The molecule has 2 aromatic rings. The van der Waals surface area contributed by atoms with Crippen LogP contribution < -0.4 is 5.32 Å². The normalized spacial score (nSPS) is 11.3. The summed E-state index contributed by atoms with van der Waals surface area (Å²) in [5, 5.41) is 8.36. The number of nitrogens with one attached hydrogen (secondary N) is 1. The van der Waals surface area contributed by atoms with E-state index in [1.54, 1.807) is 10.8 Å². The van der Waals surface area contributed by atoms with Crippen LogP contribution in [0.25, 0.3) is 6.08 Å². The zero-order valence-corrected chi connectivity index (χ0v) is 15.4. The van der Waals surface area contributed by atoms with E-state index in [4.69, 9.17) is 11.6 Å². The molecule has 0 unspecified atom stereocenters. The fourth-order valence-corrected chi connectivity index (χ4v) is 3.18. The van der Waals surface area contributed by atoms with Crippen LogP contribution in [0.1, 0.15) is 41.6 Å². The van der Waals surface area contributed by atoms with Crippen molar-refractivity contribution in [2.24, 2.45) is 0 Å². The summed E-state index contributed by atoms with van der Waals surface area (Å²) in [5.74, 6) is -0.226. The highest BCUT2D eigenvalue weighted by Crippen LogP contribution is 2.23. The Balaban J connectivity index is 2.07. The van der Waals surface area contributed by atoms with Crippen LogP contribution in [0.15, 0.2) is 6.08 Å². The van der Waals surface area contributed by atoms with Crippen molar-refractivity contribution in [2.45, 2.75) is 47.1 Å². The molecule has 2 aromatic heterocycles. The number of hydrogen-bond donors (Lipinski definition) is 1. The maximum absolute atomic E-state index is 12.0. The van der Waals surface area contributed by atoms with Gasteiger partial charge in [-0.2, -0.15) is 5.10 Å². The van der Waals surface area contributed by atoms with Gasteiger partial charge < -0.3 is 0 Å². The Kier molecular flexibility index (Phi) is 5.96. The molecule has 0 atom stereocenters. The van der Waals surface area contributed by atoms with E-state index < -0.39 is 0 Å². The van der Waals surface area contributed by atoms with E-state index in [9.17, 15) is 4.79 Å². The number of carbonyl (C=O) groups is 1. The van der Waals surface area contributed by atoms with Gasteiger partial charge in [0.1, 0.15) is 5.15 Å². The zero-order chi connectivity index (χ0) is 17.0. The molecule has 1 amide bonds. The molecule has 0 saturated carbocycles. The monoisotopic (exact) mass is 352 g/mol. The Morgan fingerprint density at radius 2 is 2.09 bits per heavy atom. The van der Waals surface area contributed by atoms with Gasteiger partial charge in [0, 0.05) is 23.1 Å². The molecule has 0 aliphatic rings. The lowest BCUT2D eigenvalue weighted by Gasteiger charge is -2.00. The van der Waals surface area contributed by atoms with Crippen LogP contribution in [-0.4, -0.2) is 20.7 Å². The van der Waals surface area contributed by atoms with Crippen LogP contribution in [0.3, 0.4) is 0 Å². The Labute approximate surface area is 145 Å². The first-order valence-electron chi connectivity index (χ1n) is 7.58. The van der Waals surface area contributed by atoms with Crippen molar-refractivity contribution in [1.29, 1.82) is 0 Å². The van der Waals surface area contributed by atoms with Gasteiger partial charge in [-0.3, -0.25) is 14.8 Å². The summed E-state index contributed by atoms with van der Waals surface area (Å²) in [6.07, 6.45) is 5.27. The number of hydrogen-bond acceptors (Lipinski definition) is 4. The molecule has 124 valence electrons. The third-order valence-electron chi connectivity index (χ3n) is 3.49. The highest BCUT2D eigenvalue weighted by atomic mass is 35.5. The smallest absolute Gasteiger partial charge is 0.250 e. The lowest BCUT2D eigenvalue weighted by molar-refractivity contribution is -0.111. The molecule has 0 saturated heterocycles. The molecule has 0 aliphatic heterocycles. The van der Waals surface area contributed by atoms with E-state index in [1.807, 2.05) is 20.8 Å². The van der Waals surface area contributed by atoms with E-state index in [2.05, 4.69) is 22.3 Å². The number of halogens is 1. The minimum Gasteiger partial charge on any atom is -0.298 e. The molecule has 0 radical (unpaired) electrons. The van der Waals surface area contributed by atoms with Crippen LogP contribution in [-0.2, 0) is 11.3 Å². The topological polar surface area (TPSA) is 59.8 Å². The summed E-state index contributed by atoms with van der Waals surface area (Å²) in [6, 6.07) is 0. The van der Waals surface area contributed by atoms with Gasteiger partial charge in [-0.15, -0.1) is 11.3 Å². The SMILES string of the molecule is CCCCn1nc(C)c(/C=C/C(=O)Nc2nc(C)c(C)s2)c1Cl. The van der Waals surface area contributed by atoms with Gasteiger partial charge in [0.2, 0.25) is 5.91 Å². The first-order chi connectivity index (χ1) is 10.9. The molecule has 0 fully saturated rings. The minimum atomic E-state index is -0.226. The number of aryl methyl sites for hydroxylation is 4. The van der Waals surface area contributed by atoms with Crippen molar-refractivity contribution in [2.75, 3.05) is 5.32 Å². The molecule has 2 rings (SSSR count). The largest absolute Gasteiger partial charge is 0.298 e. The molecule has 0 bridgehead atoms. The Morgan fingerprint density at radius 3 is 2.70 bits per heavy atom. The van der Waals surface area contributed by atoms with E-state index in [-0.39, 0.29) is 5.91 Å². The second kappa shape index (κ2) is 7.75. The van der Waals surface area contributed by atoms with E-state index in [1.165, 1.54) is 17.4 Å². The van der Waals surface area contributed by atoms with Crippen LogP contribution >= 0.6 is 22.9 Å². The number of nitrogens with zero attached hydrogens (tertiary/aromatic N) is 3. The predicted molar refractivity (Wildman–Crippen MR) is 96.1 cm³/mol.